The first-order valence-corrected chi connectivity index (χ1v) is 7.49. The molecule has 0 aliphatic carbocycles. The summed E-state index contributed by atoms with van der Waals surface area (Å²) in [7, 11) is -4.18. The molecule has 2 aromatic rings. The van der Waals surface area contributed by atoms with Crippen molar-refractivity contribution in [2.45, 2.75) is 4.90 Å². The van der Waals surface area contributed by atoms with Gasteiger partial charge in [0.2, 0.25) is 0 Å². The molecular formula is C13H8N2O7S-2. The fraction of sp³-hybridized carbons (Fsp3) is 0. The number of anilines is 1. The normalized spacial score (nSPS) is 11.0. The number of aromatic carboxylic acids is 1. The van der Waals surface area contributed by atoms with Crippen molar-refractivity contribution in [1.29, 1.82) is 0 Å². The van der Waals surface area contributed by atoms with Crippen LogP contribution in [0.25, 0.3) is 0 Å². The number of hydrogen-bond donors (Lipinski definition) is 1. The second-order valence-electron chi connectivity index (χ2n) is 4.36. The second-order valence-corrected chi connectivity index (χ2v) is 6.04. The minimum atomic E-state index is -4.18. The molecule has 0 radical (unpaired) electrons. The summed E-state index contributed by atoms with van der Waals surface area (Å²) in [5.41, 5.74) is -0.955. The van der Waals surface area contributed by atoms with Gasteiger partial charge in [0.1, 0.15) is 0 Å². The lowest BCUT2D eigenvalue weighted by molar-refractivity contribution is -0.398. The Morgan fingerprint density at radius 3 is 2.22 bits per heavy atom. The van der Waals surface area contributed by atoms with Crippen molar-refractivity contribution >= 4 is 27.4 Å². The molecule has 0 saturated heterocycles. The Labute approximate surface area is 130 Å². The van der Waals surface area contributed by atoms with Crippen LogP contribution in [0.4, 0.5) is 11.4 Å². The van der Waals surface area contributed by atoms with Crippen LogP contribution >= 0.6 is 0 Å². The van der Waals surface area contributed by atoms with Crippen molar-refractivity contribution in [2.24, 2.45) is 0 Å². The van der Waals surface area contributed by atoms with Crippen LogP contribution < -0.4 is 14.9 Å². The molecule has 0 fully saturated rings. The third-order valence-corrected chi connectivity index (χ3v) is 4.19. The number of carbonyl (C=O) groups is 1. The van der Waals surface area contributed by atoms with Gasteiger partial charge in [0.25, 0.3) is 15.7 Å². The molecule has 1 N–H and O–H groups in total. The Hall–Kier alpha value is -3.14. The van der Waals surface area contributed by atoms with Crippen LogP contribution in [-0.4, -0.2) is 19.3 Å². The minimum absolute atomic E-state index is 0.0452. The molecular weight excluding hydrogens is 328 g/mol. The van der Waals surface area contributed by atoms with Gasteiger partial charge in [-0.25, -0.2) is 8.42 Å². The Morgan fingerprint density at radius 2 is 1.70 bits per heavy atom. The molecule has 120 valence electrons. The van der Waals surface area contributed by atoms with Crippen LogP contribution in [-0.2, 0) is 10.0 Å². The van der Waals surface area contributed by atoms with E-state index in [2.05, 4.69) is 4.72 Å². The maximum atomic E-state index is 12.1. The van der Waals surface area contributed by atoms with Crippen LogP contribution in [0.5, 0.6) is 5.75 Å². The van der Waals surface area contributed by atoms with Gasteiger partial charge in [-0.1, -0.05) is 18.2 Å². The summed E-state index contributed by atoms with van der Waals surface area (Å²) >= 11 is 0. The highest BCUT2D eigenvalue weighted by Crippen LogP contribution is 2.27. The monoisotopic (exact) mass is 336 g/mol. The maximum Gasteiger partial charge on any atom is 0.263 e. The van der Waals surface area contributed by atoms with Gasteiger partial charge < -0.3 is 15.0 Å². The molecule has 2 rings (SSSR count). The van der Waals surface area contributed by atoms with Crippen molar-refractivity contribution in [3.8, 4) is 5.75 Å². The molecule has 0 unspecified atom stereocenters. The van der Waals surface area contributed by atoms with Gasteiger partial charge in [-0.2, -0.15) is 0 Å². The zero-order chi connectivity index (χ0) is 17.2. The van der Waals surface area contributed by atoms with Crippen molar-refractivity contribution < 1.29 is 28.3 Å². The number of carboxylic acids is 1. The van der Waals surface area contributed by atoms with E-state index >= 15 is 0 Å². The van der Waals surface area contributed by atoms with Crippen molar-refractivity contribution in [3.63, 3.8) is 0 Å². The highest BCUT2D eigenvalue weighted by atomic mass is 32.2. The molecule has 23 heavy (non-hydrogen) atoms. The zero-order valence-electron chi connectivity index (χ0n) is 11.3. The van der Waals surface area contributed by atoms with E-state index in [0.717, 1.165) is 24.3 Å². The smallest absolute Gasteiger partial charge is 0.263 e. The summed E-state index contributed by atoms with van der Waals surface area (Å²) < 4.78 is 26.4. The van der Waals surface area contributed by atoms with Gasteiger partial charge in [0.05, 0.1) is 15.8 Å². The lowest BCUT2D eigenvalue weighted by Gasteiger charge is -2.11. The van der Waals surface area contributed by atoms with Gasteiger partial charge >= 0.3 is 0 Å². The minimum Gasteiger partial charge on any atom is -0.868 e. The zero-order valence-corrected chi connectivity index (χ0v) is 12.1. The average molecular weight is 336 g/mol. The van der Waals surface area contributed by atoms with E-state index in [4.69, 9.17) is 0 Å². The number of hydrogen-bond acceptors (Lipinski definition) is 7. The second kappa shape index (κ2) is 5.93. The van der Waals surface area contributed by atoms with Crippen LogP contribution in [0.15, 0.2) is 47.4 Å². The van der Waals surface area contributed by atoms with Crippen molar-refractivity contribution in [2.75, 3.05) is 4.72 Å². The number of nitro benzene ring substituents is 1. The number of carbonyl (C=O) groups excluding carboxylic acids is 1. The molecule has 0 aliphatic heterocycles. The van der Waals surface area contributed by atoms with Crippen LogP contribution in [0.2, 0.25) is 0 Å². The first-order valence-electron chi connectivity index (χ1n) is 6.00. The van der Waals surface area contributed by atoms with Crippen LogP contribution in [0, 0.1) is 10.1 Å². The quantitative estimate of drug-likeness (QED) is 0.587. The van der Waals surface area contributed by atoms with Crippen LogP contribution in [0.3, 0.4) is 0 Å². The Balaban J connectivity index is 2.33. The van der Waals surface area contributed by atoms with E-state index in [0.29, 0.717) is 6.07 Å². The third-order valence-electron chi connectivity index (χ3n) is 2.81. The summed E-state index contributed by atoms with van der Waals surface area (Å²) in [5.74, 6) is -2.33. The van der Waals surface area contributed by atoms with Crippen molar-refractivity contribution in [1.82, 2.24) is 0 Å². The van der Waals surface area contributed by atoms with Gasteiger partial charge in [-0.05, 0) is 29.5 Å². The molecule has 0 bridgehead atoms. The highest BCUT2D eigenvalue weighted by molar-refractivity contribution is 7.92. The van der Waals surface area contributed by atoms with Gasteiger partial charge in [-0.3, -0.25) is 14.8 Å². The van der Waals surface area contributed by atoms with Crippen molar-refractivity contribution in [3.05, 3.63) is 58.1 Å². The first-order chi connectivity index (χ1) is 10.7. The molecule has 0 atom stereocenters. The molecule has 0 heterocycles. The topological polar surface area (TPSA) is 152 Å². The van der Waals surface area contributed by atoms with E-state index in [1.165, 1.54) is 12.1 Å². The molecule has 9 nitrogen and oxygen atoms in total. The summed E-state index contributed by atoms with van der Waals surface area (Å²) in [6, 6.07) is 7.03. The highest BCUT2D eigenvalue weighted by Gasteiger charge is 2.18. The Bertz CT molecular complexity index is 876. The number of benzene rings is 2. The van der Waals surface area contributed by atoms with Gasteiger partial charge in [-0.15, -0.1) is 0 Å². The number of nitro groups is 1. The first kappa shape index (κ1) is 16.2. The van der Waals surface area contributed by atoms with E-state index in [1.54, 1.807) is 0 Å². The number of sulfonamides is 1. The predicted molar refractivity (Wildman–Crippen MR) is 74.1 cm³/mol. The summed E-state index contributed by atoms with van der Waals surface area (Å²) in [4.78, 5) is 19.9. The number of nitrogens with one attached hydrogen (secondary N) is 1. The predicted octanol–water partition coefficient (Wildman–Crippen LogP) is -0.167. The standard InChI is InChI=1S/C13H10N2O7S/c16-12-6-5-10(7-11(12)15(19)20)23(21,22)14-9-3-1-8(2-4-9)13(17)18/h1-7,14,16H,(H,17,18)/p-2. The molecule has 10 heteroatoms. The Kier molecular flexibility index (Phi) is 4.18. The number of rotatable bonds is 5. The molecule has 0 saturated carbocycles. The number of carboxylic acid groups (broad SMARTS) is 1. The lowest BCUT2D eigenvalue weighted by Crippen LogP contribution is -2.22. The van der Waals surface area contributed by atoms with E-state index < -0.39 is 37.2 Å². The fourth-order valence-electron chi connectivity index (χ4n) is 1.70. The summed E-state index contributed by atoms with van der Waals surface area (Å²) in [5, 5.41) is 32.6. The molecule has 2 aromatic carbocycles. The van der Waals surface area contributed by atoms with E-state index in [-0.39, 0.29) is 11.3 Å². The van der Waals surface area contributed by atoms with Gasteiger partial charge in [0.15, 0.2) is 0 Å². The largest absolute Gasteiger partial charge is 0.868 e. The third kappa shape index (κ3) is 3.55. The number of nitrogens with zero attached hydrogens (tertiary/aromatic N) is 1. The van der Waals surface area contributed by atoms with Gasteiger partial charge in [0, 0.05) is 11.8 Å². The molecule has 0 spiro atoms. The molecule has 0 amide bonds. The molecule has 0 aromatic heterocycles. The maximum absolute atomic E-state index is 12.1. The van der Waals surface area contributed by atoms with E-state index in [1.807, 2.05) is 0 Å². The Morgan fingerprint density at radius 1 is 1.09 bits per heavy atom. The summed E-state index contributed by atoms with van der Waals surface area (Å²) in [6.07, 6.45) is 0. The summed E-state index contributed by atoms with van der Waals surface area (Å²) in [6.45, 7) is 0. The average Bonchev–Trinajstić information content (AvgIpc) is 2.47. The van der Waals surface area contributed by atoms with E-state index in [9.17, 15) is 33.5 Å². The lowest BCUT2D eigenvalue weighted by atomic mass is 10.2. The SMILES string of the molecule is O=C([O-])c1ccc(NS(=O)(=O)c2ccc([O-])c([N+](=O)[O-])c2)cc1. The molecule has 0 aliphatic rings. The fourth-order valence-corrected chi connectivity index (χ4v) is 2.77. The van der Waals surface area contributed by atoms with Crippen LogP contribution in [0.1, 0.15) is 10.4 Å².